The molecule has 1 saturated carbocycles. The molecule has 0 bridgehead atoms. The highest BCUT2D eigenvalue weighted by molar-refractivity contribution is 7.89. The Balaban J connectivity index is 1.78. The van der Waals surface area contributed by atoms with E-state index in [2.05, 4.69) is 10.6 Å². The number of sulfonamides is 1. The van der Waals surface area contributed by atoms with E-state index in [-0.39, 0.29) is 29.9 Å². The molecule has 1 fully saturated rings. The molecule has 152 valence electrons. The number of nitrogens with one attached hydrogen (secondary N) is 1. The molecule has 3 rings (SSSR count). The minimum Gasteiger partial charge on any atom is -0.325 e. The normalized spacial score (nSPS) is 14.9. The first-order valence-electron chi connectivity index (χ1n) is 9.89. The summed E-state index contributed by atoms with van der Waals surface area (Å²) < 4.78 is 28.0. The van der Waals surface area contributed by atoms with Crippen molar-refractivity contribution in [3.05, 3.63) is 65.7 Å². The number of hydrogen-bond donors (Lipinski definition) is 1. The molecule has 1 amide bonds. The Labute approximate surface area is 173 Å². The van der Waals surface area contributed by atoms with Crippen molar-refractivity contribution >= 4 is 15.9 Å². The third-order valence-electron chi connectivity index (χ3n) is 5.24. The van der Waals surface area contributed by atoms with Crippen LogP contribution in [0.3, 0.4) is 0 Å². The van der Waals surface area contributed by atoms with Gasteiger partial charge in [-0.15, -0.1) is 6.42 Å². The molecule has 0 radical (unpaired) electrons. The number of hydrogen-bond acceptors (Lipinski definition) is 3. The van der Waals surface area contributed by atoms with Gasteiger partial charge in [-0.05, 0) is 36.6 Å². The van der Waals surface area contributed by atoms with Gasteiger partial charge in [-0.1, -0.05) is 61.6 Å². The predicted molar refractivity (Wildman–Crippen MR) is 114 cm³/mol. The van der Waals surface area contributed by atoms with Crippen LogP contribution in [0, 0.1) is 12.3 Å². The predicted octanol–water partition coefficient (Wildman–Crippen LogP) is 3.57. The average molecular weight is 411 g/mol. The van der Waals surface area contributed by atoms with Crippen LogP contribution in [0.15, 0.2) is 59.5 Å². The van der Waals surface area contributed by atoms with Crippen molar-refractivity contribution in [2.24, 2.45) is 0 Å². The molecule has 0 aromatic heterocycles. The molecule has 2 aromatic rings. The maximum absolute atomic E-state index is 13.1. The van der Waals surface area contributed by atoms with Gasteiger partial charge in [-0.2, -0.15) is 0 Å². The van der Waals surface area contributed by atoms with Crippen molar-refractivity contribution in [2.45, 2.75) is 49.6 Å². The quantitative estimate of drug-likeness (QED) is 0.710. The fourth-order valence-electron chi connectivity index (χ4n) is 3.68. The lowest BCUT2D eigenvalue weighted by Crippen LogP contribution is -2.41. The molecule has 0 heterocycles. The van der Waals surface area contributed by atoms with Gasteiger partial charge in [0.05, 0.1) is 11.4 Å². The van der Waals surface area contributed by atoms with Gasteiger partial charge in [-0.3, -0.25) is 4.79 Å². The number of benzene rings is 2. The second-order valence-electron chi connectivity index (χ2n) is 7.27. The number of terminal acetylenes is 1. The summed E-state index contributed by atoms with van der Waals surface area (Å²) in [4.78, 5) is 14.9. The highest BCUT2D eigenvalue weighted by Gasteiger charge is 2.26. The van der Waals surface area contributed by atoms with Crippen molar-refractivity contribution < 1.29 is 13.2 Å². The fourth-order valence-corrected chi connectivity index (χ4v) is 4.74. The fraction of sp³-hybridized carbons (Fsp3) is 0.348. The van der Waals surface area contributed by atoms with Crippen molar-refractivity contribution in [3.63, 3.8) is 0 Å². The SMILES string of the molecule is C#CCN(C(=O)c1cccc(S(=O)(=O)NCc2ccccc2)c1)C1CCCCC1. The first-order chi connectivity index (χ1) is 14.0. The first-order valence-corrected chi connectivity index (χ1v) is 11.4. The molecule has 5 nitrogen and oxygen atoms in total. The molecule has 2 aromatic carbocycles. The molecule has 1 aliphatic carbocycles. The van der Waals surface area contributed by atoms with Crippen LogP contribution in [0.5, 0.6) is 0 Å². The van der Waals surface area contributed by atoms with Gasteiger partial charge >= 0.3 is 0 Å². The maximum atomic E-state index is 13.1. The van der Waals surface area contributed by atoms with E-state index in [0.717, 1.165) is 31.2 Å². The summed E-state index contributed by atoms with van der Waals surface area (Å²) in [6, 6.07) is 15.6. The summed E-state index contributed by atoms with van der Waals surface area (Å²) in [5, 5.41) is 0. The largest absolute Gasteiger partial charge is 0.325 e. The lowest BCUT2D eigenvalue weighted by Gasteiger charge is -2.33. The van der Waals surface area contributed by atoms with Crippen molar-refractivity contribution in [2.75, 3.05) is 6.54 Å². The summed E-state index contributed by atoms with van der Waals surface area (Å²) in [6.07, 6.45) is 10.7. The third-order valence-corrected chi connectivity index (χ3v) is 6.64. The lowest BCUT2D eigenvalue weighted by molar-refractivity contribution is 0.0667. The van der Waals surface area contributed by atoms with Crippen LogP contribution >= 0.6 is 0 Å². The molecule has 0 saturated heterocycles. The Morgan fingerprint density at radius 3 is 2.48 bits per heavy atom. The zero-order valence-electron chi connectivity index (χ0n) is 16.4. The molecule has 6 heteroatoms. The molecule has 1 aliphatic rings. The molecule has 0 aliphatic heterocycles. The van der Waals surface area contributed by atoms with Crippen LogP contribution in [0.2, 0.25) is 0 Å². The van der Waals surface area contributed by atoms with Crippen molar-refractivity contribution in [1.82, 2.24) is 9.62 Å². The second-order valence-corrected chi connectivity index (χ2v) is 9.03. The van der Waals surface area contributed by atoms with Gasteiger partial charge in [-0.25, -0.2) is 13.1 Å². The zero-order valence-corrected chi connectivity index (χ0v) is 17.2. The Bertz CT molecular complexity index is 975. The minimum absolute atomic E-state index is 0.0728. The minimum atomic E-state index is -3.74. The van der Waals surface area contributed by atoms with Crippen LogP contribution in [0.25, 0.3) is 0 Å². The Kier molecular flexibility index (Phi) is 7.08. The van der Waals surface area contributed by atoms with E-state index in [1.54, 1.807) is 17.0 Å². The van der Waals surface area contributed by atoms with Crippen LogP contribution in [-0.4, -0.2) is 31.8 Å². The summed E-state index contributed by atoms with van der Waals surface area (Å²) in [5.74, 6) is 2.36. The van der Waals surface area contributed by atoms with Crippen molar-refractivity contribution in [1.29, 1.82) is 0 Å². The van der Waals surface area contributed by atoms with E-state index >= 15 is 0 Å². The average Bonchev–Trinajstić information content (AvgIpc) is 2.77. The number of rotatable bonds is 7. The Hall–Kier alpha value is -2.62. The van der Waals surface area contributed by atoms with Gasteiger partial charge in [0.1, 0.15) is 0 Å². The van der Waals surface area contributed by atoms with Gasteiger partial charge in [0.2, 0.25) is 10.0 Å². The number of carbonyl (C=O) groups is 1. The summed E-state index contributed by atoms with van der Waals surface area (Å²) in [6.45, 7) is 0.416. The highest BCUT2D eigenvalue weighted by atomic mass is 32.2. The molecule has 1 N–H and O–H groups in total. The van der Waals surface area contributed by atoms with Gasteiger partial charge < -0.3 is 4.90 Å². The van der Waals surface area contributed by atoms with Crippen molar-refractivity contribution in [3.8, 4) is 12.3 Å². The van der Waals surface area contributed by atoms with E-state index < -0.39 is 10.0 Å². The second kappa shape index (κ2) is 9.73. The first kappa shape index (κ1) is 21.1. The highest BCUT2D eigenvalue weighted by Crippen LogP contribution is 2.24. The van der Waals surface area contributed by atoms with Gasteiger partial charge in [0, 0.05) is 18.2 Å². The van der Waals surface area contributed by atoms with E-state index in [1.807, 2.05) is 30.3 Å². The van der Waals surface area contributed by atoms with Crippen LogP contribution in [0.1, 0.15) is 48.0 Å². The van der Waals surface area contributed by atoms with Crippen LogP contribution in [0.4, 0.5) is 0 Å². The third kappa shape index (κ3) is 5.47. The molecule has 0 unspecified atom stereocenters. The van der Waals surface area contributed by atoms with E-state index in [4.69, 9.17) is 6.42 Å². The Morgan fingerprint density at radius 2 is 1.79 bits per heavy atom. The van der Waals surface area contributed by atoms with Gasteiger partial charge in [0.25, 0.3) is 5.91 Å². The number of nitrogens with zero attached hydrogens (tertiary/aromatic N) is 1. The summed E-state index contributed by atoms with van der Waals surface area (Å²) in [5.41, 5.74) is 1.20. The summed E-state index contributed by atoms with van der Waals surface area (Å²) in [7, 11) is -3.74. The number of carbonyl (C=O) groups excluding carboxylic acids is 1. The Morgan fingerprint density at radius 1 is 1.07 bits per heavy atom. The zero-order chi connectivity index (χ0) is 20.7. The number of amides is 1. The standard InChI is InChI=1S/C23H26N2O3S/c1-2-16-25(21-13-7-4-8-14-21)23(26)20-12-9-15-22(17-20)29(27,28)24-18-19-10-5-3-6-11-19/h1,3,5-6,9-12,15,17,21,24H,4,7-8,13-14,16,18H2. The monoisotopic (exact) mass is 410 g/mol. The maximum Gasteiger partial charge on any atom is 0.254 e. The van der Waals surface area contributed by atoms with Gasteiger partial charge in [0.15, 0.2) is 0 Å². The van der Waals surface area contributed by atoms with E-state index in [0.29, 0.717) is 5.56 Å². The van der Waals surface area contributed by atoms with Crippen LogP contribution < -0.4 is 4.72 Å². The smallest absolute Gasteiger partial charge is 0.254 e. The molecule has 29 heavy (non-hydrogen) atoms. The molecule has 0 atom stereocenters. The molecular weight excluding hydrogens is 384 g/mol. The molecular formula is C23H26N2O3S. The molecule has 0 spiro atoms. The van der Waals surface area contributed by atoms with E-state index in [1.165, 1.54) is 18.6 Å². The van der Waals surface area contributed by atoms with Crippen LogP contribution in [-0.2, 0) is 16.6 Å². The lowest BCUT2D eigenvalue weighted by atomic mass is 9.93. The van der Waals surface area contributed by atoms with E-state index in [9.17, 15) is 13.2 Å². The topological polar surface area (TPSA) is 66.5 Å². The summed E-state index contributed by atoms with van der Waals surface area (Å²) >= 11 is 0.